The van der Waals surface area contributed by atoms with E-state index in [-0.39, 0.29) is 42.2 Å². The summed E-state index contributed by atoms with van der Waals surface area (Å²) >= 11 is 1.54. The van der Waals surface area contributed by atoms with Crippen molar-refractivity contribution in [3.63, 3.8) is 0 Å². The molecule has 3 heterocycles. The van der Waals surface area contributed by atoms with Crippen LogP contribution in [0.1, 0.15) is 40.3 Å². The van der Waals surface area contributed by atoms with Gasteiger partial charge in [0.1, 0.15) is 12.4 Å². The molecule has 41 heavy (non-hydrogen) atoms. The van der Waals surface area contributed by atoms with E-state index in [1.165, 1.54) is 0 Å². The van der Waals surface area contributed by atoms with Gasteiger partial charge in [-0.3, -0.25) is 14.5 Å². The molecule has 7 rings (SSSR count). The molecule has 8 nitrogen and oxygen atoms in total. The number of carbonyl (C=O) groups excluding carboxylic acids is 2. The van der Waals surface area contributed by atoms with Crippen LogP contribution in [0.3, 0.4) is 0 Å². The average Bonchev–Trinajstić information content (AvgIpc) is 3.56. The zero-order valence-corrected chi connectivity index (χ0v) is 23.7. The van der Waals surface area contributed by atoms with E-state index in [0.717, 1.165) is 52.0 Å². The SMILES string of the molecule is Cc1cccc(-n2nc(-c3ccccc3)c3c2N(CC(=O)NC2CC2)C(=O)CS[C@@H]3c2ccc3c(c2)OCO3)c1C. The molecule has 1 fully saturated rings. The summed E-state index contributed by atoms with van der Waals surface area (Å²) in [7, 11) is 0. The predicted octanol–water partition coefficient (Wildman–Crippen LogP) is 5.33. The van der Waals surface area contributed by atoms with Crippen LogP contribution in [0.2, 0.25) is 0 Å². The Balaban J connectivity index is 1.48. The fourth-order valence-electron chi connectivity index (χ4n) is 5.45. The Hall–Kier alpha value is -4.24. The summed E-state index contributed by atoms with van der Waals surface area (Å²) in [5.74, 6) is 1.94. The minimum atomic E-state index is -0.242. The number of carbonyl (C=O) groups is 2. The van der Waals surface area contributed by atoms with E-state index in [9.17, 15) is 9.59 Å². The molecule has 9 heteroatoms. The maximum Gasteiger partial charge on any atom is 0.240 e. The van der Waals surface area contributed by atoms with Crippen LogP contribution in [-0.2, 0) is 9.59 Å². The van der Waals surface area contributed by atoms with Crippen LogP contribution in [0, 0.1) is 13.8 Å². The van der Waals surface area contributed by atoms with Gasteiger partial charge in [-0.05, 0) is 61.6 Å². The monoisotopic (exact) mass is 566 g/mol. The summed E-state index contributed by atoms with van der Waals surface area (Å²) in [6.07, 6.45) is 1.96. The van der Waals surface area contributed by atoms with Crippen molar-refractivity contribution in [3.8, 4) is 28.4 Å². The lowest BCUT2D eigenvalue weighted by atomic mass is 9.99. The molecule has 0 saturated heterocycles. The summed E-state index contributed by atoms with van der Waals surface area (Å²) in [6, 6.07) is 22.3. The lowest BCUT2D eigenvalue weighted by Crippen LogP contribution is -2.43. The van der Waals surface area contributed by atoms with Crippen LogP contribution in [-0.4, -0.2) is 46.7 Å². The highest BCUT2D eigenvalue weighted by atomic mass is 32.2. The zero-order chi connectivity index (χ0) is 28.1. The van der Waals surface area contributed by atoms with Crippen molar-refractivity contribution in [2.45, 2.75) is 38.0 Å². The van der Waals surface area contributed by atoms with Crippen LogP contribution in [0.25, 0.3) is 16.9 Å². The van der Waals surface area contributed by atoms with Gasteiger partial charge in [0.2, 0.25) is 18.6 Å². The van der Waals surface area contributed by atoms with Gasteiger partial charge >= 0.3 is 0 Å². The number of fused-ring (bicyclic) bond motifs is 2. The number of aromatic nitrogens is 2. The first kappa shape index (κ1) is 25.7. The van der Waals surface area contributed by atoms with Crippen molar-refractivity contribution in [1.82, 2.24) is 15.1 Å². The number of rotatable bonds is 6. The Morgan fingerprint density at radius 2 is 1.83 bits per heavy atom. The topological polar surface area (TPSA) is 85.7 Å². The van der Waals surface area contributed by atoms with Crippen LogP contribution in [0.4, 0.5) is 5.82 Å². The number of amides is 2. The first-order valence-corrected chi connectivity index (χ1v) is 14.9. The van der Waals surface area contributed by atoms with Crippen molar-refractivity contribution in [3.05, 3.63) is 89.0 Å². The van der Waals surface area contributed by atoms with Gasteiger partial charge in [0, 0.05) is 17.2 Å². The lowest BCUT2D eigenvalue weighted by Gasteiger charge is -2.24. The minimum absolute atomic E-state index is 0.0679. The molecule has 3 aromatic carbocycles. The van der Waals surface area contributed by atoms with E-state index in [1.807, 2.05) is 65.3 Å². The number of nitrogens with zero attached hydrogens (tertiary/aromatic N) is 3. The first-order chi connectivity index (χ1) is 20.0. The molecule has 208 valence electrons. The number of nitrogens with one attached hydrogen (secondary N) is 1. The molecule has 1 aliphatic carbocycles. The number of anilines is 1. The summed E-state index contributed by atoms with van der Waals surface area (Å²) in [5.41, 5.74) is 6.65. The maximum absolute atomic E-state index is 13.9. The molecule has 2 amide bonds. The molecule has 0 spiro atoms. The number of thioether (sulfide) groups is 1. The van der Waals surface area contributed by atoms with Crippen molar-refractivity contribution >= 4 is 29.4 Å². The second kappa shape index (κ2) is 10.3. The number of ether oxygens (including phenoxy) is 2. The van der Waals surface area contributed by atoms with E-state index in [2.05, 4.69) is 25.2 Å². The molecule has 4 aromatic rings. The summed E-state index contributed by atoms with van der Waals surface area (Å²) < 4.78 is 13.2. The Morgan fingerprint density at radius 3 is 2.63 bits per heavy atom. The van der Waals surface area contributed by atoms with E-state index < -0.39 is 0 Å². The summed E-state index contributed by atoms with van der Waals surface area (Å²) in [6.45, 7) is 4.25. The van der Waals surface area contributed by atoms with Gasteiger partial charge in [0.25, 0.3) is 0 Å². The van der Waals surface area contributed by atoms with Gasteiger partial charge in [-0.1, -0.05) is 48.5 Å². The summed E-state index contributed by atoms with van der Waals surface area (Å²) in [4.78, 5) is 28.7. The van der Waals surface area contributed by atoms with Gasteiger partial charge in [-0.2, -0.15) is 5.10 Å². The van der Waals surface area contributed by atoms with Gasteiger partial charge in [0.15, 0.2) is 11.5 Å². The van der Waals surface area contributed by atoms with Gasteiger partial charge < -0.3 is 14.8 Å². The molecule has 0 unspecified atom stereocenters. The number of hydrogen-bond donors (Lipinski definition) is 1. The molecule has 0 radical (unpaired) electrons. The van der Waals surface area contributed by atoms with Crippen molar-refractivity contribution in [2.24, 2.45) is 0 Å². The largest absolute Gasteiger partial charge is 0.454 e. The third kappa shape index (κ3) is 4.74. The zero-order valence-electron chi connectivity index (χ0n) is 22.9. The number of aryl methyl sites for hydroxylation is 1. The molecule has 1 atom stereocenters. The highest BCUT2D eigenvalue weighted by Gasteiger charge is 2.39. The van der Waals surface area contributed by atoms with Crippen molar-refractivity contribution in [2.75, 3.05) is 24.0 Å². The van der Waals surface area contributed by atoms with Gasteiger partial charge in [-0.25, -0.2) is 4.68 Å². The van der Waals surface area contributed by atoms with Crippen molar-refractivity contribution in [1.29, 1.82) is 0 Å². The van der Waals surface area contributed by atoms with Crippen LogP contribution in [0.15, 0.2) is 66.7 Å². The first-order valence-electron chi connectivity index (χ1n) is 13.8. The average molecular weight is 567 g/mol. The Labute approximate surface area is 242 Å². The lowest BCUT2D eigenvalue weighted by molar-refractivity contribution is -0.123. The fourth-order valence-corrected chi connectivity index (χ4v) is 6.63. The number of benzene rings is 3. The Bertz CT molecular complexity index is 1660. The second-order valence-electron chi connectivity index (χ2n) is 10.7. The van der Waals surface area contributed by atoms with Crippen LogP contribution >= 0.6 is 11.8 Å². The number of hydrogen-bond acceptors (Lipinski definition) is 6. The van der Waals surface area contributed by atoms with E-state index in [0.29, 0.717) is 17.3 Å². The standard InChI is InChI=1S/C32H30N4O4S/c1-19-7-6-10-24(20(19)2)36-32-29(30(34-36)21-8-4-3-5-9-21)31(22-11-14-25-26(15-22)40-18-39-25)41-17-28(38)35(32)16-27(37)33-23-12-13-23/h3-11,14-15,23,31H,12-13,16-18H2,1-2H3,(H,33,37)/t31-/m1/s1. The summed E-state index contributed by atoms with van der Waals surface area (Å²) in [5, 5.41) is 8.03. The van der Waals surface area contributed by atoms with E-state index in [4.69, 9.17) is 14.6 Å². The highest BCUT2D eigenvalue weighted by Crippen LogP contribution is 2.50. The smallest absolute Gasteiger partial charge is 0.240 e. The minimum Gasteiger partial charge on any atom is -0.454 e. The Kier molecular flexibility index (Phi) is 6.46. The van der Waals surface area contributed by atoms with Crippen molar-refractivity contribution < 1.29 is 19.1 Å². The third-order valence-corrected chi connectivity index (χ3v) is 9.14. The molecule has 1 aromatic heterocycles. The molecule has 1 N–H and O–H groups in total. The quantitative estimate of drug-likeness (QED) is 0.340. The normalized spacial score (nSPS) is 17.8. The van der Waals surface area contributed by atoms with Gasteiger partial charge in [-0.15, -0.1) is 11.8 Å². The van der Waals surface area contributed by atoms with E-state index >= 15 is 0 Å². The molecule has 0 bridgehead atoms. The second-order valence-corrected chi connectivity index (χ2v) is 11.8. The fraction of sp³-hybridized carbons (Fsp3) is 0.281. The van der Waals surface area contributed by atoms with Crippen LogP contribution < -0.4 is 19.7 Å². The predicted molar refractivity (Wildman–Crippen MR) is 159 cm³/mol. The molecule has 3 aliphatic rings. The Morgan fingerprint density at radius 1 is 1.02 bits per heavy atom. The maximum atomic E-state index is 13.9. The van der Waals surface area contributed by atoms with E-state index in [1.54, 1.807) is 16.7 Å². The molecular formula is C32H30N4O4S. The molecule has 1 saturated carbocycles. The molecular weight excluding hydrogens is 536 g/mol. The molecule has 2 aliphatic heterocycles. The third-order valence-electron chi connectivity index (χ3n) is 7.88. The highest BCUT2D eigenvalue weighted by molar-refractivity contribution is 8.00. The van der Waals surface area contributed by atoms with Gasteiger partial charge in [0.05, 0.1) is 22.4 Å². The van der Waals surface area contributed by atoms with Crippen LogP contribution in [0.5, 0.6) is 11.5 Å².